The Morgan fingerprint density at radius 3 is 2.42 bits per heavy atom. The second-order valence-electron chi connectivity index (χ2n) is 4.21. The van der Waals surface area contributed by atoms with Gasteiger partial charge < -0.3 is 15.3 Å². The number of hydrogen-bond donors (Lipinski definition) is 2. The molecule has 2 radical (unpaired) electrons. The van der Waals surface area contributed by atoms with Crippen LogP contribution < -0.4 is 10.5 Å². The van der Waals surface area contributed by atoms with Gasteiger partial charge in [0.25, 0.3) is 0 Å². The Balaban J connectivity index is 2.39. The molecular formula is C13H17BN2O3. The highest BCUT2D eigenvalue weighted by Gasteiger charge is 2.19. The first kappa shape index (κ1) is 15.2. The molecule has 0 unspecified atom stereocenters. The van der Waals surface area contributed by atoms with E-state index in [0.717, 1.165) is 5.56 Å². The van der Waals surface area contributed by atoms with E-state index in [1.54, 1.807) is 13.8 Å². The molecule has 1 rings (SSSR count). The van der Waals surface area contributed by atoms with Gasteiger partial charge in [0.2, 0.25) is 5.91 Å². The number of benzene rings is 1. The van der Waals surface area contributed by atoms with Crippen molar-refractivity contribution in [2.45, 2.75) is 32.5 Å². The first-order valence-corrected chi connectivity index (χ1v) is 6.01. The first-order valence-electron chi connectivity index (χ1n) is 6.01. The van der Waals surface area contributed by atoms with Crippen LogP contribution in [0.15, 0.2) is 30.3 Å². The highest BCUT2D eigenvalue weighted by molar-refractivity contribution is 6.06. The Morgan fingerprint density at radius 2 is 1.84 bits per heavy atom. The van der Waals surface area contributed by atoms with E-state index in [4.69, 9.17) is 12.7 Å². The molecular weight excluding hydrogens is 243 g/mol. The van der Waals surface area contributed by atoms with Gasteiger partial charge in [0, 0.05) is 0 Å². The predicted octanol–water partition coefficient (Wildman–Crippen LogP) is 0.296. The van der Waals surface area contributed by atoms with Gasteiger partial charge in [-0.1, -0.05) is 30.3 Å². The van der Waals surface area contributed by atoms with Gasteiger partial charge in [-0.15, -0.1) is 0 Å². The lowest BCUT2D eigenvalue weighted by Gasteiger charge is -2.16. The highest BCUT2D eigenvalue weighted by atomic mass is 16.5. The predicted molar refractivity (Wildman–Crippen MR) is 72.2 cm³/mol. The molecule has 6 heteroatoms. The van der Waals surface area contributed by atoms with Crippen molar-refractivity contribution >= 4 is 19.9 Å². The molecule has 0 bridgehead atoms. The van der Waals surface area contributed by atoms with Gasteiger partial charge in [0.15, 0.2) is 7.98 Å². The average molecular weight is 260 g/mol. The zero-order chi connectivity index (χ0) is 14.3. The summed E-state index contributed by atoms with van der Waals surface area (Å²) in [6.45, 7) is 3.34. The number of esters is 1. The Hall–Kier alpha value is -1.82. The van der Waals surface area contributed by atoms with E-state index >= 15 is 0 Å². The zero-order valence-corrected chi connectivity index (χ0v) is 11.1. The minimum atomic E-state index is -0.716. The van der Waals surface area contributed by atoms with Crippen LogP contribution in [0.25, 0.3) is 0 Å². The smallest absolute Gasteiger partial charge is 0.328 e. The molecule has 0 aliphatic rings. The van der Waals surface area contributed by atoms with Crippen LogP contribution in [-0.4, -0.2) is 31.9 Å². The number of carbonyl (C=O) groups excluding carboxylic acids is 2. The van der Waals surface area contributed by atoms with Gasteiger partial charge in [-0.3, -0.25) is 4.79 Å². The molecule has 19 heavy (non-hydrogen) atoms. The Bertz CT molecular complexity index is 425. The molecule has 0 aliphatic heterocycles. The Morgan fingerprint density at radius 1 is 1.21 bits per heavy atom. The Kier molecular flexibility index (Phi) is 6.08. The summed E-state index contributed by atoms with van der Waals surface area (Å²) in [5.74, 6) is -0.840. The van der Waals surface area contributed by atoms with Crippen molar-refractivity contribution in [3.63, 3.8) is 0 Å². The largest absolute Gasteiger partial charge is 0.459 e. The van der Waals surface area contributed by atoms with Gasteiger partial charge in [-0.05, 0) is 19.4 Å². The first-order chi connectivity index (χ1) is 9.04. The summed E-state index contributed by atoms with van der Waals surface area (Å²) >= 11 is 0. The van der Waals surface area contributed by atoms with Crippen molar-refractivity contribution in [3.05, 3.63) is 35.9 Å². The van der Waals surface area contributed by atoms with Crippen molar-refractivity contribution in [2.24, 2.45) is 0 Å². The van der Waals surface area contributed by atoms with E-state index in [2.05, 4.69) is 10.5 Å². The summed E-state index contributed by atoms with van der Waals surface area (Å²) < 4.78 is 5.10. The third-order valence-electron chi connectivity index (χ3n) is 2.58. The molecule has 1 amide bonds. The van der Waals surface area contributed by atoms with Gasteiger partial charge in [-0.25, -0.2) is 4.79 Å². The van der Waals surface area contributed by atoms with E-state index in [9.17, 15) is 9.59 Å². The van der Waals surface area contributed by atoms with Crippen LogP contribution in [0.4, 0.5) is 0 Å². The molecule has 100 valence electrons. The maximum absolute atomic E-state index is 11.7. The van der Waals surface area contributed by atoms with Gasteiger partial charge in [0.05, 0.1) is 6.04 Å². The zero-order valence-electron chi connectivity index (χ0n) is 11.1. The van der Waals surface area contributed by atoms with Crippen LogP contribution >= 0.6 is 0 Å². The monoisotopic (exact) mass is 260 g/mol. The fraction of sp³-hybridized carbons (Fsp3) is 0.385. The van der Waals surface area contributed by atoms with Crippen LogP contribution in [-0.2, 0) is 20.9 Å². The maximum Gasteiger partial charge on any atom is 0.328 e. The van der Waals surface area contributed by atoms with E-state index in [1.165, 1.54) is 0 Å². The number of hydrogen-bond acceptors (Lipinski definition) is 4. The van der Waals surface area contributed by atoms with Crippen LogP contribution in [0.3, 0.4) is 0 Å². The molecule has 0 spiro atoms. The number of nitrogens with one attached hydrogen (secondary N) is 2. The third-order valence-corrected chi connectivity index (χ3v) is 2.58. The van der Waals surface area contributed by atoms with Crippen molar-refractivity contribution in [1.82, 2.24) is 10.5 Å². The van der Waals surface area contributed by atoms with Crippen molar-refractivity contribution in [2.75, 3.05) is 0 Å². The highest BCUT2D eigenvalue weighted by Crippen LogP contribution is 2.01. The number of rotatable bonds is 6. The molecule has 1 aromatic carbocycles. The lowest BCUT2D eigenvalue weighted by atomic mass is 10.2. The second kappa shape index (κ2) is 7.58. The van der Waals surface area contributed by atoms with E-state index in [-0.39, 0.29) is 12.5 Å². The summed E-state index contributed by atoms with van der Waals surface area (Å²) in [5, 5.41) is 4.81. The lowest BCUT2D eigenvalue weighted by molar-refractivity contribution is -0.148. The summed E-state index contributed by atoms with van der Waals surface area (Å²) in [7, 11) is 5.13. The van der Waals surface area contributed by atoms with Crippen molar-refractivity contribution in [3.8, 4) is 0 Å². The SMILES string of the molecule is [B]N[C@@H](C)C(=O)N[C@@H](C)C(=O)OCc1ccccc1. The lowest BCUT2D eigenvalue weighted by Crippen LogP contribution is -2.47. The molecule has 5 nitrogen and oxygen atoms in total. The second-order valence-corrected chi connectivity index (χ2v) is 4.21. The maximum atomic E-state index is 11.7. The van der Waals surface area contributed by atoms with E-state index in [1.807, 2.05) is 30.3 Å². The molecule has 2 N–H and O–H groups in total. The fourth-order valence-electron chi connectivity index (χ4n) is 1.33. The molecule has 2 atom stereocenters. The molecule has 0 fully saturated rings. The topological polar surface area (TPSA) is 67.4 Å². The molecule has 0 saturated heterocycles. The molecule has 0 saturated carbocycles. The minimum Gasteiger partial charge on any atom is -0.459 e. The van der Waals surface area contributed by atoms with Crippen LogP contribution in [0.2, 0.25) is 0 Å². The Labute approximate surface area is 114 Å². The third kappa shape index (κ3) is 5.13. The standard InChI is InChI=1S/C13H17BN2O3/c1-9(16-14)12(17)15-10(2)13(18)19-8-11-6-4-3-5-7-11/h3-7,9-10,16H,8H2,1-2H3,(H,15,17)/t9-,10-/m0/s1. The number of ether oxygens (including phenoxy) is 1. The summed E-state index contributed by atoms with van der Waals surface area (Å²) in [4.78, 5) is 23.2. The average Bonchev–Trinajstić information content (AvgIpc) is 2.44. The van der Waals surface area contributed by atoms with Gasteiger partial charge >= 0.3 is 5.97 Å². The quantitative estimate of drug-likeness (QED) is 0.570. The van der Waals surface area contributed by atoms with Crippen molar-refractivity contribution < 1.29 is 14.3 Å². The number of amides is 1. The summed E-state index contributed by atoms with van der Waals surface area (Å²) in [5.41, 5.74) is 0.895. The van der Waals surface area contributed by atoms with Crippen molar-refractivity contribution in [1.29, 1.82) is 0 Å². The van der Waals surface area contributed by atoms with Gasteiger partial charge in [0.1, 0.15) is 12.6 Å². The molecule has 0 aliphatic carbocycles. The number of carbonyl (C=O) groups is 2. The minimum absolute atomic E-state index is 0.185. The fourth-order valence-corrected chi connectivity index (χ4v) is 1.33. The van der Waals surface area contributed by atoms with Crippen LogP contribution in [0.5, 0.6) is 0 Å². The summed E-state index contributed by atoms with van der Waals surface area (Å²) in [6.07, 6.45) is 0. The normalized spacial score (nSPS) is 13.4. The molecule has 1 aromatic rings. The van der Waals surface area contributed by atoms with Gasteiger partial charge in [-0.2, -0.15) is 0 Å². The molecule has 0 aromatic heterocycles. The summed E-state index contributed by atoms with van der Waals surface area (Å²) in [6, 6.07) is 8.05. The van der Waals surface area contributed by atoms with Crippen LogP contribution in [0, 0.1) is 0 Å². The van der Waals surface area contributed by atoms with Crippen LogP contribution in [0.1, 0.15) is 19.4 Å². The molecule has 0 heterocycles. The van der Waals surface area contributed by atoms with E-state index < -0.39 is 18.1 Å². The van der Waals surface area contributed by atoms with E-state index in [0.29, 0.717) is 0 Å².